The molecule has 1 N–H and O–H groups in total. The number of amides is 1. The van der Waals surface area contributed by atoms with Crippen molar-refractivity contribution < 1.29 is 4.79 Å². The predicted octanol–water partition coefficient (Wildman–Crippen LogP) is 6.01. The SMILES string of the molecule is CCC(C)c1ccc2nc(NC(=O)/C(C#N)=C/c3ccc(Cl)cc3)sc2c1. The molecule has 0 fully saturated rings. The predicted molar refractivity (Wildman–Crippen MR) is 112 cm³/mol. The number of hydrogen-bond acceptors (Lipinski definition) is 4. The van der Waals surface area contributed by atoms with Crippen molar-refractivity contribution >= 4 is 50.3 Å². The molecule has 1 aromatic heterocycles. The number of nitrogens with one attached hydrogen (secondary N) is 1. The van der Waals surface area contributed by atoms with Crippen molar-refractivity contribution in [2.24, 2.45) is 0 Å². The van der Waals surface area contributed by atoms with Crippen LogP contribution >= 0.6 is 22.9 Å². The van der Waals surface area contributed by atoms with E-state index in [1.165, 1.54) is 23.0 Å². The van der Waals surface area contributed by atoms with Crippen molar-refractivity contribution in [3.8, 4) is 6.07 Å². The van der Waals surface area contributed by atoms with Crippen molar-refractivity contribution in [2.45, 2.75) is 26.2 Å². The van der Waals surface area contributed by atoms with E-state index in [0.29, 0.717) is 16.1 Å². The molecule has 1 heterocycles. The largest absolute Gasteiger partial charge is 0.297 e. The van der Waals surface area contributed by atoms with Gasteiger partial charge in [-0.2, -0.15) is 5.26 Å². The van der Waals surface area contributed by atoms with Gasteiger partial charge in [-0.25, -0.2) is 4.98 Å². The first-order chi connectivity index (χ1) is 13.0. The summed E-state index contributed by atoms with van der Waals surface area (Å²) >= 11 is 7.27. The first kappa shape index (κ1) is 19.1. The van der Waals surface area contributed by atoms with Crippen molar-refractivity contribution in [1.29, 1.82) is 5.26 Å². The van der Waals surface area contributed by atoms with E-state index in [9.17, 15) is 10.1 Å². The fraction of sp³-hybridized carbons (Fsp3) is 0.190. The molecule has 1 amide bonds. The number of hydrogen-bond donors (Lipinski definition) is 1. The number of carbonyl (C=O) groups is 1. The number of fused-ring (bicyclic) bond motifs is 1. The zero-order chi connectivity index (χ0) is 19.4. The molecule has 3 rings (SSSR count). The Balaban J connectivity index is 1.81. The van der Waals surface area contributed by atoms with Crippen LogP contribution < -0.4 is 5.32 Å². The average Bonchev–Trinajstić information content (AvgIpc) is 3.08. The molecule has 2 aromatic carbocycles. The molecule has 0 saturated carbocycles. The van der Waals surface area contributed by atoms with E-state index >= 15 is 0 Å². The molecular formula is C21H18ClN3OS. The molecule has 0 aliphatic heterocycles. The van der Waals surface area contributed by atoms with Crippen LogP contribution in [0.25, 0.3) is 16.3 Å². The van der Waals surface area contributed by atoms with Gasteiger partial charge >= 0.3 is 0 Å². The fourth-order valence-electron chi connectivity index (χ4n) is 2.58. The van der Waals surface area contributed by atoms with Crippen LogP contribution in [0.5, 0.6) is 0 Å². The van der Waals surface area contributed by atoms with Gasteiger partial charge in [0.1, 0.15) is 11.6 Å². The van der Waals surface area contributed by atoms with Gasteiger partial charge in [-0.15, -0.1) is 0 Å². The van der Waals surface area contributed by atoms with Gasteiger partial charge in [-0.05, 0) is 53.8 Å². The molecule has 0 spiro atoms. The van der Waals surface area contributed by atoms with E-state index in [1.54, 1.807) is 24.3 Å². The summed E-state index contributed by atoms with van der Waals surface area (Å²) < 4.78 is 1.02. The summed E-state index contributed by atoms with van der Waals surface area (Å²) in [4.78, 5) is 16.9. The Morgan fingerprint density at radius 1 is 1.33 bits per heavy atom. The van der Waals surface area contributed by atoms with Crippen LogP contribution in [0.3, 0.4) is 0 Å². The van der Waals surface area contributed by atoms with Crippen LogP contribution in [0.1, 0.15) is 37.3 Å². The van der Waals surface area contributed by atoms with Crippen LogP contribution in [0.2, 0.25) is 5.02 Å². The van der Waals surface area contributed by atoms with Crippen LogP contribution in [-0.4, -0.2) is 10.9 Å². The first-order valence-corrected chi connectivity index (χ1v) is 9.78. The molecule has 0 aliphatic rings. The summed E-state index contributed by atoms with van der Waals surface area (Å²) in [7, 11) is 0. The number of carbonyl (C=O) groups excluding carboxylic acids is 1. The van der Waals surface area contributed by atoms with Crippen molar-refractivity contribution in [3.63, 3.8) is 0 Å². The summed E-state index contributed by atoms with van der Waals surface area (Å²) in [6.07, 6.45) is 2.59. The summed E-state index contributed by atoms with van der Waals surface area (Å²) in [6.45, 7) is 4.34. The minimum atomic E-state index is -0.478. The smallest absolute Gasteiger partial charge is 0.268 e. The highest BCUT2D eigenvalue weighted by atomic mass is 35.5. The topological polar surface area (TPSA) is 65.8 Å². The zero-order valence-electron chi connectivity index (χ0n) is 15.0. The van der Waals surface area contributed by atoms with Gasteiger partial charge in [0.15, 0.2) is 5.13 Å². The van der Waals surface area contributed by atoms with E-state index in [4.69, 9.17) is 11.6 Å². The normalized spacial score (nSPS) is 12.6. The Morgan fingerprint density at radius 3 is 2.74 bits per heavy atom. The van der Waals surface area contributed by atoms with Gasteiger partial charge in [-0.3, -0.25) is 10.1 Å². The van der Waals surface area contributed by atoms with Gasteiger partial charge in [0.25, 0.3) is 5.91 Å². The number of anilines is 1. The number of nitrogens with zero attached hydrogens (tertiary/aromatic N) is 2. The van der Waals surface area contributed by atoms with Crippen LogP contribution in [0.4, 0.5) is 5.13 Å². The summed E-state index contributed by atoms with van der Waals surface area (Å²) in [6, 6.07) is 15.0. The highest BCUT2D eigenvalue weighted by Crippen LogP contribution is 2.30. The van der Waals surface area contributed by atoms with Gasteiger partial charge in [0, 0.05) is 5.02 Å². The number of halogens is 1. The van der Waals surface area contributed by atoms with E-state index in [2.05, 4.69) is 36.3 Å². The third kappa shape index (κ3) is 4.54. The number of aromatic nitrogens is 1. The molecule has 0 saturated heterocycles. The maximum Gasteiger partial charge on any atom is 0.268 e. The molecule has 27 heavy (non-hydrogen) atoms. The van der Waals surface area contributed by atoms with Gasteiger partial charge in [0.2, 0.25) is 0 Å². The average molecular weight is 396 g/mol. The maximum absolute atomic E-state index is 12.5. The third-order valence-corrected chi connectivity index (χ3v) is 5.55. The lowest BCUT2D eigenvalue weighted by Crippen LogP contribution is -2.13. The van der Waals surface area contributed by atoms with E-state index in [-0.39, 0.29) is 5.57 Å². The summed E-state index contributed by atoms with van der Waals surface area (Å²) in [5.74, 6) is -0.00398. The van der Waals surface area contributed by atoms with Gasteiger partial charge < -0.3 is 0 Å². The molecule has 4 nitrogen and oxygen atoms in total. The van der Waals surface area contributed by atoms with Gasteiger partial charge in [-0.1, -0.05) is 55.0 Å². The highest BCUT2D eigenvalue weighted by Gasteiger charge is 2.13. The van der Waals surface area contributed by atoms with Gasteiger partial charge in [0.05, 0.1) is 10.2 Å². The Morgan fingerprint density at radius 2 is 2.07 bits per heavy atom. The zero-order valence-corrected chi connectivity index (χ0v) is 16.6. The minimum Gasteiger partial charge on any atom is -0.297 e. The summed E-state index contributed by atoms with van der Waals surface area (Å²) in [5, 5.41) is 13.1. The van der Waals surface area contributed by atoms with E-state index in [0.717, 1.165) is 22.2 Å². The fourth-order valence-corrected chi connectivity index (χ4v) is 3.61. The van der Waals surface area contributed by atoms with Crippen molar-refractivity contribution in [1.82, 2.24) is 4.98 Å². The molecule has 0 bridgehead atoms. The second-order valence-electron chi connectivity index (χ2n) is 6.23. The maximum atomic E-state index is 12.5. The lowest BCUT2D eigenvalue weighted by molar-refractivity contribution is -0.112. The molecular weight excluding hydrogens is 378 g/mol. The number of nitriles is 1. The lowest BCUT2D eigenvalue weighted by Gasteiger charge is -2.07. The Hall–Kier alpha value is -2.68. The quantitative estimate of drug-likeness (QED) is 0.425. The molecule has 1 unspecified atom stereocenters. The Kier molecular flexibility index (Phi) is 5.90. The molecule has 0 aliphatic carbocycles. The number of thiazole rings is 1. The monoisotopic (exact) mass is 395 g/mol. The lowest BCUT2D eigenvalue weighted by atomic mass is 9.99. The van der Waals surface area contributed by atoms with Crippen LogP contribution in [0, 0.1) is 11.3 Å². The minimum absolute atomic E-state index is 0.0110. The Labute approximate surface area is 167 Å². The van der Waals surface area contributed by atoms with Crippen molar-refractivity contribution in [2.75, 3.05) is 5.32 Å². The third-order valence-electron chi connectivity index (χ3n) is 4.36. The van der Waals surface area contributed by atoms with E-state index in [1.807, 2.05) is 12.1 Å². The summed E-state index contributed by atoms with van der Waals surface area (Å²) in [5.41, 5.74) is 2.83. The van der Waals surface area contributed by atoms with Crippen molar-refractivity contribution in [3.05, 3.63) is 64.2 Å². The van der Waals surface area contributed by atoms with Crippen LogP contribution in [-0.2, 0) is 4.79 Å². The van der Waals surface area contributed by atoms with Crippen LogP contribution in [0.15, 0.2) is 48.0 Å². The number of benzene rings is 2. The standard InChI is InChI=1S/C21H18ClN3OS/c1-3-13(2)15-6-9-18-19(11-15)27-21(24-18)25-20(26)16(12-23)10-14-4-7-17(22)8-5-14/h4-11,13H,3H2,1-2H3,(H,24,25,26)/b16-10+. The Bertz CT molecular complexity index is 1050. The molecule has 0 radical (unpaired) electrons. The molecule has 1 atom stereocenters. The second kappa shape index (κ2) is 8.34. The number of rotatable bonds is 5. The highest BCUT2D eigenvalue weighted by molar-refractivity contribution is 7.22. The molecule has 3 aromatic rings. The molecule has 136 valence electrons. The first-order valence-electron chi connectivity index (χ1n) is 8.59. The molecule has 6 heteroatoms. The van der Waals surface area contributed by atoms with E-state index < -0.39 is 5.91 Å². The second-order valence-corrected chi connectivity index (χ2v) is 7.70.